The number of pyridine rings is 1. The first-order valence-corrected chi connectivity index (χ1v) is 15.5. The number of sulfonamides is 1. The van der Waals surface area contributed by atoms with Crippen molar-refractivity contribution in [2.24, 2.45) is 5.92 Å². The fourth-order valence-corrected chi connectivity index (χ4v) is 5.56. The number of esters is 1. The Morgan fingerprint density at radius 1 is 1.11 bits per heavy atom. The number of nitro benzene ring substituents is 1. The van der Waals surface area contributed by atoms with Gasteiger partial charge in [0, 0.05) is 24.1 Å². The highest BCUT2D eigenvalue weighted by atomic mass is 35.5. The zero-order valence-corrected chi connectivity index (χ0v) is 25.2. The monoisotopic (exact) mass is 675 g/mol. The molecule has 1 fully saturated rings. The highest BCUT2D eigenvalue weighted by Crippen LogP contribution is 2.38. The summed E-state index contributed by atoms with van der Waals surface area (Å²) >= 11 is 12.5. The van der Waals surface area contributed by atoms with E-state index in [1.54, 1.807) is 0 Å². The summed E-state index contributed by atoms with van der Waals surface area (Å²) in [6.45, 7) is -3.73. The minimum absolute atomic E-state index is 0.0370. The van der Waals surface area contributed by atoms with Gasteiger partial charge in [0.05, 0.1) is 23.5 Å². The molecule has 0 amide bonds. The van der Waals surface area contributed by atoms with Gasteiger partial charge in [0.15, 0.2) is 23.9 Å². The molecule has 1 aliphatic rings. The molecule has 0 bridgehead atoms. The number of carbonyl (C=O) groups excluding carboxylic acids is 1. The lowest BCUT2D eigenvalue weighted by Gasteiger charge is -2.25. The first-order chi connectivity index (χ1) is 20.7. The van der Waals surface area contributed by atoms with E-state index in [9.17, 15) is 37.3 Å². The number of carbonyl (C=O) groups is 1. The number of aromatic nitrogens is 1. The number of alkyl halides is 2. The van der Waals surface area contributed by atoms with Crippen LogP contribution >= 0.6 is 23.2 Å². The number of hydrogen-bond donors (Lipinski definition) is 0. The number of rotatable bonds is 14. The number of ether oxygens (including phenoxy) is 3. The number of non-ortho nitro benzene ring substituents is 1. The summed E-state index contributed by atoms with van der Waals surface area (Å²) in [6.07, 6.45) is 3.30. The molecule has 1 aromatic heterocycles. The van der Waals surface area contributed by atoms with Crippen molar-refractivity contribution in [1.82, 2.24) is 0 Å². The van der Waals surface area contributed by atoms with Crippen LogP contribution in [0.25, 0.3) is 0 Å². The van der Waals surface area contributed by atoms with E-state index in [4.69, 9.17) is 32.7 Å². The van der Waals surface area contributed by atoms with E-state index in [-0.39, 0.29) is 63.0 Å². The van der Waals surface area contributed by atoms with Gasteiger partial charge in [-0.05, 0) is 48.6 Å². The molecule has 2 aromatic carbocycles. The molecule has 0 aliphatic heterocycles. The highest BCUT2D eigenvalue weighted by Gasteiger charge is 2.28. The summed E-state index contributed by atoms with van der Waals surface area (Å²) in [7, 11) is -4.08. The Morgan fingerprint density at radius 3 is 2.30 bits per heavy atom. The molecular formula is C27H25Cl2F2N3O9S. The van der Waals surface area contributed by atoms with Crippen molar-refractivity contribution < 1.29 is 45.9 Å². The molecule has 1 saturated carbocycles. The molecule has 1 heterocycles. The van der Waals surface area contributed by atoms with Gasteiger partial charge in [-0.1, -0.05) is 29.3 Å². The molecule has 4 rings (SSSR count). The van der Waals surface area contributed by atoms with E-state index >= 15 is 0 Å². The van der Waals surface area contributed by atoms with Gasteiger partial charge in [0.25, 0.3) is 5.69 Å². The van der Waals surface area contributed by atoms with E-state index in [1.807, 2.05) is 0 Å². The average molecular weight is 676 g/mol. The van der Waals surface area contributed by atoms with Crippen molar-refractivity contribution >= 4 is 50.6 Å². The summed E-state index contributed by atoms with van der Waals surface area (Å²) in [4.78, 5) is 23.6. The summed E-state index contributed by atoms with van der Waals surface area (Å²) in [5.74, 6) is -1.08. The molecule has 0 radical (unpaired) electrons. The Bertz CT molecular complexity index is 1620. The lowest BCUT2D eigenvalue weighted by molar-refractivity contribution is -0.605. The predicted octanol–water partition coefficient (Wildman–Crippen LogP) is 5.22. The van der Waals surface area contributed by atoms with Crippen LogP contribution in [0.5, 0.6) is 11.5 Å². The molecule has 44 heavy (non-hydrogen) atoms. The van der Waals surface area contributed by atoms with Gasteiger partial charge in [0.2, 0.25) is 10.0 Å². The molecule has 17 heteroatoms. The Morgan fingerprint density at radius 2 is 1.75 bits per heavy atom. The van der Waals surface area contributed by atoms with E-state index in [0.717, 1.165) is 55.8 Å². The first-order valence-electron chi connectivity index (χ1n) is 12.9. The third kappa shape index (κ3) is 8.80. The Hall–Kier alpha value is -3.95. The van der Waals surface area contributed by atoms with Crippen molar-refractivity contribution in [3.8, 4) is 11.5 Å². The van der Waals surface area contributed by atoms with Crippen molar-refractivity contribution in [3.05, 3.63) is 91.4 Å². The summed E-state index contributed by atoms with van der Waals surface area (Å²) in [6, 6.07) is 8.40. The van der Waals surface area contributed by atoms with Gasteiger partial charge in [-0.2, -0.15) is 13.5 Å². The first kappa shape index (κ1) is 33.0. The van der Waals surface area contributed by atoms with Crippen LogP contribution in [0.3, 0.4) is 0 Å². The number of hydrogen-bond acceptors (Lipinski definition) is 9. The molecule has 3 aromatic rings. The normalized spacial score (nSPS) is 13.8. The molecule has 0 saturated heterocycles. The van der Waals surface area contributed by atoms with E-state index in [2.05, 4.69) is 4.74 Å². The lowest BCUT2D eigenvalue weighted by Crippen LogP contribution is -2.36. The predicted molar refractivity (Wildman–Crippen MR) is 155 cm³/mol. The summed E-state index contributed by atoms with van der Waals surface area (Å²) in [5, 5.41) is 22.7. The topological polar surface area (TPSA) is 152 Å². The lowest BCUT2D eigenvalue weighted by atomic mass is 10.0. The zero-order chi connectivity index (χ0) is 32.2. The standard InChI is InChI=1S/C27H25Cl2F2N3O9S/c1-44(39,40)33(18-5-7-19(8-6-18)34(37)38)14-26(35)42-24(11-20-21(28)12-32(36)13-22(20)29)17-4-9-23(43-27(30)31)25(10-17)41-15-16-2-3-16/h4-10,12-13,16,24,27H,2-3,11,14-15H2,1H3/t24-/m0/s1. The van der Waals surface area contributed by atoms with Gasteiger partial charge < -0.3 is 19.4 Å². The van der Waals surface area contributed by atoms with Crippen LogP contribution in [0.1, 0.15) is 30.1 Å². The van der Waals surface area contributed by atoms with Crippen molar-refractivity contribution in [2.75, 3.05) is 23.7 Å². The summed E-state index contributed by atoms with van der Waals surface area (Å²) in [5.41, 5.74) is 0.116. The SMILES string of the molecule is CS(=O)(=O)N(CC(=O)O[C@@H](Cc1c(Cl)c[n+]([O-])cc1Cl)c1ccc(OC(F)F)c(OCC2CC2)c1)c1ccc([N+](=O)[O-])cc1. The maximum absolute atomic E-state index is 13.3. The Kier molecular flexibility index (Phi) is 10.3. The van der Waals surface area contributed by atoms with Crippen LogP contribution in [0, 0.1) is 21.2 Å². The number of anilines is 1. The molecule has 0 spiro atoms. The third-order valence-corrected chi connectivity index (χ3v) is 8.26. The number of nitrogens with zero attached hydrogens (tertiary/aromatic N) is 3. The zero-order valence-electron chi connectivity index (χ0n) is 22.9. The van der Waals surface area contributed by atoms with Gasteiger partial charge in [0.1, 0.15) is 22.7 Å². The van der Waals surface area contributed by atoms with Gasteiger partial charge >= 0.3 is 12.6 Å². The van der Waals surface area contributed by atoms with Crippen LogP contribution in [-0.2, 0) is 26.0 Å². The van der Waals surface area contributed by atoms with Crippen LogP contribution in [0.2, 0.25) is 10.0 Å². The third-order valence-electron chi connectivity index (χ3n) is 6.47. The molecular weight excluding hydrogens is 651 g/mol. The molecule has 12 nitrogen and oxygen atoms in total. The smallest absolute Gasteiger partial charge is 0.387 e. The van der Waals surface area contributed by atoms with Gasteiger partial charge in [-0.25, -0.2) is 8.42 Å². The minimum atomic E-state index is -4.08. The number of nitro groups is 1. The van der Waals surface area contributed by atoms with Crippen molar-refractivity contribution in [1.29, 1.82) is 0 Å². The van der Waals surface area contributed by atoms with Gasteiger partial charge in [-0.15, -0.1) is 0 Å². The largest absolute Gasteiger partial charge is 0.619 e. The van der Waals surface area contributed by atoms with Crippen LogP contribution in [0.4, 0.5) is 20.2 Å². The molecule has 0 N–H and O–H groups in total. The average Bonchev–Trinajstić information content (AvgIpc) is 3.76. The molecule has 236 valence electrons. The second-order valence-corrected chi connectivity index (χ2v) is 12.6. The molecule has 1 atom stereocenters. The molecule has 1 aliphatic carbocycles. The Labute approximate surface area is 260 Å². The van der Waals surface area contributed by atoms with Crippen LogP contribution in [-0.4, -0.2) is 45.3 Å². The van der Waals surface area contributed by atoms with E-state index < -0.39 is 40.2 Å². The summed E-state index contributed by atoms with van der Waals surface area (Å²) < 4.78 is 68.4. The maximum Gasteiger partial charge on any atom is 0.387 e. The van der Waals surface area contributed by atoms with Crippen molar-refractivity contribution in [2.45, 2.75) is 32.0 Å². The quantitative estimate of drug-likeness (QED) is 0.0736. The second kappa shape index (κ2) is 13.8. The molecule has 0 unspecified atom stereocenters. The van der Waals surface area contributed by atoms with Gasteiger partial charge in [-0.3, -0.25) is 19.2 Å². The fourth-order valence-electron chi connectivity index (χ4n) is 4.12. The maximum atomic E-state index is 13.3. The second-order valence-electron chi connectivity index (χ2n) is 9.86. The highest BCUT2D eigenvalue weighted by molar-refractivity contribution is 7.92. The van der Waals surface area contributed by atoms with Crippen LogP contribution in [0.15, 0.2) is 54.9 Å². The van der Waals surface area contributed by atoms with Crippen molar-refractivity contribution in [3.63, 3.8) is 0 Å². The van der Waals surface area contributed by atoms with Crippen LogP contribution < -0.4 is 18.5 Å². The minimum Gasteiger partial charge on any atom is -0.619 e. The van der Waals surface area contributed by atoms with E-state index in [0.29, 0.717) is 9.04 Å². The fraction of sp³-hybridized carbons (Fsp3) is 0.333. The Balaban J connectivity index is 1.67. The number of benzene rings is 2. The number of halogens is 4. The van der Waals surface area contributed by atoms with E-state index in [1.165, 1.54) is 18.2 Å².